The van der Waals surface area contributed by atoms with Gasteiger partial charge in [0.25, 0.3) is 0 Å². The Balaban J connectivity index is 2.54. The molecule has 0 aliphatic carbocycles. The second kappa shape index (κ2) is 6.88. The maximum Gasteiger partial charge on any atom is 0.0435 e. The lowest BCUT2D eigenvalue weighted by atomic mass is 9.68. The van der Waals surface area contributed by atoms with Gasteiger partial charge in [0.1, 0.15) is 0 Å². The van der Waals surface area contributed by atoms with Gasteiger partial charge in [-0.2, -0.15) is 11.3 Å². The molecule has 0 spiro atoms. The normalized spacial score (nSPS) is 13.4. The maximum absolute atomic E-state index is 3.70. The van der Waals surface area contributed by atoms with Gasteiger partial charge in [0, 0.05) is 21.3 Å². The fourth-order valence-electron chi connectivity index (χ4n) is 3.23. The molecule has 1 N–H and O–H groups in total. The van der Waals surface area contributed by atoms with Crippen LogP contribution in [0.4, 0.5) is 0 Å². The highest BCUT2D eigenvalue weighted by atomic mass is 79.9. The third-order valence-corrected chi connectivity index (χ3v) is 6.16. The predicted octanol–water partition coefficient (Wildman–Crippen LogP) is 5.53. The van der Waals surface area contributed by atoms with E-state index in [2.05, 4.69) is 83.2 Å². The standard InChI is InChI=1S/C17H22BrNS/c1-4-17(5-2,13-9-7-6-8-10-13)16(19-3)14-11-20-12-15(14)18/h6-12,16,19H,4-5H2,1-3H3. The number of benzene rings is 1. The molecule has 0 fully saturated rings. The van der Waals surface area contributed by atoms with E-state index in [1.807, 2.05) is 0 Å². The van der Waals surface area contributed by atoms with E-state index in [1.54, 1.807) is 11.3 Å². The molecule has 1 unspecified atom stereocenters. The average molecular weight is 352 g/mol. The summed E-state index contributed by atoms with van der Waals surface area (Å²) in [7, 11) is 2.07. The van der Waals surface area contributed by atoms with Crippen LogP contribution in [0.3, 0.4) is 0 Å². The van der Waals surface area contributed by atoms with Crippen LogP contribution in [0.2, 0.25) is 0 Å². The first kappa shape index (κ1) is 15.7. The van der Waals surface area contributed by atoms with Gasteiger partial charge >= 0.3 is 0 Å². The Hall–Kier alpha value is -0.640. The Kier molecular flexibility index (Phi) is 5.42. The topological polar surface area (TPSA) is 12.0 Å². The minimum Gasteiger partial charge on any atom is -0.312 e. The van der Waals surface area contributed by atoms with Crippen LogP contribution >= 0.6 is 27.3 Å². The van der Waals surface area contributed by atoms with Crippen LogP contribution in [0.5, 0.6) is 0 Å². The van der Waals surface area contributed by atoms with Crippen molar-refractivity contribution in [2.45, 2.75) is 38.1 Å². The highest BCUT2D eigenvalue weighted by Gasteiger charge is 2.38. The van der Waals surface area contributed by atoms with Gasteiger partial charge in [-0.05, 0) is 52.3 Å². The van der Waals surface area contributed by atoms with Gasteiger partial charge in [-0.25, -0.2) is 0 Å². The molecule has 0 bridgehead atoms. The van der Waals surface area contributed by atoms with Crippen LogP contribution in [0.15, 0.2) is 45.6 Å². The van der Waals surface area contributed by atoms with Gasteiger partial charge in [-0.3, -0.25) is 0 Å². The second-order valence-corrected chi connectivity index (χ2v) is 6.72. The maximum atomic E-state index is 3.70. The Morgan fingerprint density at radius 2 is 1.80 bits per heavy atom. The minimum absolute atomic E-state index is 0.125. The second-order valence-electron chi connectivity index (χ2n) is 5.13. The lowest BCUT2D eigenvalue weighted by Crippen LogP contribution is -2.39. The van der Waals surface area contributed by atoms with Crippen molar-refractivity contribution >= 4 is 27.3 Å². The van der Waals surface area contributed by atoms with Crippen molar-refractivity contribution in [2.75, 3.05) is 7.05 Å². The fourth-order valence-corrected chi connectivity index (χ4v) is 4.78. The minimum atomic E-state index is 0.125. The number of halogens is 1. The van der Waals surface area contributed by atoms with Crippen LogP contribution in [-0.4, -0.2) is 7.05 Å². The van der Waals surface area contributed by atoms with Gasteiger partial charge in [0.2, 0.25) is 0 Å². The van der Waals surface area contributed by atoms with E-state index < -0.39 is 0 Å². The molecule has 1 nitrogen and oxygen atoms in total. The number of hydrogen-bond acceptors (Lipinski definition) is 2. The smallest absolute Gasteiger partial charge is 0.0435 e. The summed E-state index contributed by atoms with van der Waals surface area (Å²) in [6.07, 6.45) is 2.22. The number of thiophene rings is 1. The van der Waals surface area contributed by atoms with E-state index in [4.69, 9.17) is 0 Å². The van der Waals surface area contributed by atoms with Gasteiger partial charge in [-0.1, -0.05) is 44.2 Å². The molecular weight excluding hydrogens is 330 g/mol. The number of nitrogens with one attached hydrogen (secondary N) is 1. The third-order valence-electron chi connectivity index (χ3n) is 4.41. The summed E-state index contributed by atoms with van der Waals surface area (Å²) in [5, 5.41) is 7.99. The molecule has 108 valence electrons. The van der Waals surface area contributed by atoms with E-state index in [0.29, 0.717) is 6.04 Å². The van der Waals surface area contributed by atoms with Crippen molar-refractivity contribution < 1.29 is 0 Å². The molecule has 3 heteroatoms. The van der Waals surface area contributed by atoms with Crippen LogP contribution in [0, 0.1) is 0 Å². The number of hydrogen-bond donors (Lipinski definition) is 1. The summed E-state index contributed by atoms with van der Waals surface area (Å²) in [5.41, 5.74) is 2.91. The van der Waals surface area contributed by atoms with Crippen molar-refractivity contribution in [3.63, 3.8) is 0 Å². The van der Waals surface area contributed by atoms with Gasteiger partial charge < -0.3 is 5.32 Å². The lowest BCUT2D eigenvalue weighted by Gasteiger charge is -2.40. The Labute approximate surface area is 134 Å². The average Bonchev–Trinajstić information content (AvgIpc) is 2.91. The lowest BCUT2D eigenvalue weighted by molar-refractivity contribution is 0.287. The summed E-state index contributed by atoms with van der Waals surface area (Å²) in [6, 6.07) is 11.2. The summed E-state index contributed by atoms with van der Waals surface area (Å²) in [6.45, 7) is 4.59. The Bertz CT molecular complexity index is 531. The predicted molar refractivity (Wildman–Crippen MR) is 92.5 cm³/mol. The van der Waals surface area contributed by atoms with Gasteiger partial charge in [-0.15, -0.1) is 0 Å². The first-order valence-electron chi connectivity index (χ1n) is 7.14. The zero-order valence-corrected chi connectivity index (χ0v) is 14.7. The van der Waals surface area contributed by atoms with E-state index in [-0.39, 0.29) is 5.41 Å². The quantitative estimate of drug-likeness (QED) is 0.721. The van der Waals surface area contributed by atoms with E-state index in [9.17, 15) is 0 Å². The summed E-state index contributed by atoms with van der Waals surface area (Å²) < 4.78 is 1.21. The summed E-state index contributed by atoms with van der Waals surface area (Å²) in [4.78, 5) is 0. The largest absolute Gasteiger partial charge is 0.312 e. The molecule has 2 aromatic rings. The van der Waals surface area contributed by atoms with Crippen LogP contribution < -0.4 is 5.32 Å². The Morgan fingerprint density at radius 3 is 2.25 bits per heavy atom. The molecule has 0 radical (unpaired) electrons. The van der Waals surface area contributed by atoms with Crippen molar-refractivity contribution in [1.82, 2.24) is 5.32 Å². The highest BCUT2D eigenvalue weighted by Crippen LogP contribution is 2.45. The van der Waals surface area contributed by atoms with E-state index in [1.165, 1.54) is 15.6 Å². The molecule has 1 aromatic carbocycles. The van der Waals surface area contributed by atoms with Crippen LogP contribution in [-0.2, 0) is 5.41 Å². The van der Waals surface area contributed by atoms with Crippen LogP contribution in [0.1, 0.15) is 43.9 Å². The van der Waals surface area contributed by atoms with Crippen molar-refractivity contribution in [2.24, 2.45) is 0 Å². The molecule has 0 aliphatic heterocycles. The zero-order valence-electron chi connectivity index (χ0n) is 12.3. The summed E-state index contributed by atoms with van der Waals surface area (Å²) in [5.74, 6) is 0. The zero-order chi connectivity index (χ0) is 14.6. The summed E-state index contributed by atoms with van der Waals surface area (Å²) >= 11 is 5.46. The van der Waals surface area contributed by atoms with Crippen molar-refractivity contribution in [1.29, 1.82) is 0 Å². The number of rotatable bonds is 6. The molecule has 20 heavy (non-hydrogen) atoms. The molecule has 1 atom stereocenters. The Morgan fingerprint density at radius 1 is 1.15 bits per heavy atom. The molecular formula is C17H22BrNS. The molecule has 0 saturated carbocycles. The van der Waals surface area contributed by atoms with Gasteiger partial charge in [0.15, 0.2) is 0 Å². The van der Waals surface area contributed by atoms with Crippen LogP contribution in [0.25, 0.3) is 0 Å². The van der Waals surface area contributed by atoms with Crippen molar-refractivity contribution in [3.8, 4) is 0 Å². The molecule has 0 saturated heterocycles. The molecule has 0 aliphatic rings. The van der Waals surface area contributed by atoms with E-state index >= 15 is 0 Å². The highest BCUT2D eigenvalue weighted by molar-refractivity contribution is 9.10. The SMILES string of the molecule is CCC(CC)(c1ccccc1)C(NC)c1cscc1Br. The first-order valence-corrected chi connectivity index (χ1v) is 8.87. The monoisotopic (exact) mass is 351 g/mol. The van der Waals surface area contributed by atoms with Gasteiger partial charge in [0.05, 0.1) is 0 Å². The number of likely N-dealkylation sites (N-methyl/N-ethyl adjacent to an activating group) is 1. The molecule has 1 heterocycles. The molecule has 2 rings (SSSR count). The van der Waals surface area contributed by atoms with E-state index in [0.717, 1.165) is 12.8 Å². The third kappa shape index (κ3) is 2.72. The fraction of sp³-hybridized carbons (Fsp3) is 0.412. The molecule has 1 aromatic heterocycles. The van der Waals surface area contributed by atoms with Crippen molar-refractivity contribution in [3.05, 3.63) is 56.7 Å². The molecule has 0 amide bonds. The first-order chi connectivity index (χ1) is 9.69.